The predicted octanol–water partition coefficient (Wildman–Crippen LogP) is 6.39. The molecule has 0 aliphatic heterocycles. The van der Waals surface area contributed by atoms with Crippen LogP contribution in [0.1, 0.15) is 0 Å². The summed E-state index contributed by atoms with van der Waals surface area (Å²) in [5.41, 5.74) is 2.85. The van der Waals surface area contributed by atoms with Crippen molar-refractivity contribution in [1.29, 1.82) is 0 Å². The normalized spacial score (nSPS) is 11.1. The van der Waals surface area contributed by atoms with E-state index in [0.29, 0.717) is 6.01 Å². The van der Waals surface area contributed by atoms with Gasteiger partial charge in [0.1, 0.15) is 12.0 Å². The third kappa shape index (κ3) is 2.60. The fraction of sp³-hybridized carbons (Fsp3) is 0. The highest BCUT2D eigenvalue weighted by atomic mass is 16.4. The molecule has 0 unspecified atom stereocenters. The van der Waals surface area contributed by atoms with Gasteiger partial charge < -0.3 is 9.73 Å². The maximum atomic E-state index is 5.66. The van der Waals surface area contributed by atoms with E-state index in [4.69, 9.17) is 4.42 Å². The zero-order valence-corrected chi connectivity index (χ0v) is 14.0. The molecule has 26 heavy (non-hydrogen) atoms. The van der Waals surface area contributed by atoms with E-state index < -0.39 is 0 Å². The molecule has 0 amide bonds. The zero-order valence-electron chi connectivity index (χ0n) is 14.0. The largest absolute Gasteiger partial charge is 0.431 e. The smallest absolute Gasteiger partial charge is 0.299 e. The molecule has 0 saturated carbocycles. The molecule has 3 nitrogen and oxygen atoms in total. The fourth-order valence-corrected chi connectivity index (χ4v) is 3.29. The van der Waals surface area contributed by atoms with E-state index in [1.807, 2.05) is 36.4 Å². The molecule has 0 aliphatic carbocycles. The van der Waals surface area contributed by atoms with Crippen molar-refractivity contribution in [1.82, 2.24) is 4.98 Å². The summed E-state index contributed by atoms with van der Waals surface area (Å²) in [5.74, 6) is 0. The van der Waals surface area contributed by atoms with Gasteiger partial charge in [-0.05, 0) is 33.7 Å². The number of oxazole rings is 1. The molecule has 1 aromatic heterocycles. The van der Waals surface area contributed by atoms with Gasteiger partial charge in [0.05, 0.1) is 0 Å². The molecular formula is C23H16N2O. The minimum atomic E-state index is 0.489. The summed E-state index contributed by atoms with van der Waals surface area (Å²) in [6.07, 6.45) is 1.70. The highest BCUT2D eigenvalue weighted by molar-refractivity contribution is 5.95. The first kappa shape index (κ1) is 14.7. The lowest BCUT2D eigenvalue weighted by Crippen LogP contribution is -1.90. The minimum Gasteiger partial charge on any atom is -0.431 e. The minimum absolute atomic E-state index is 0.489. The molecule has 0 spiro atoms. The molecular weight excluding hydrogens is 320 g/mol. The van der Waals surface area contributed by atoms with Crippen molar-refractivity contribution >= 4 is 33.2 Å². The van der Waals surface area contributed by atoms with Crippen LogP contribution in [0.5, 0.6) is 0 Å². The Morgan fingerprint density at radius 3 is 2.38 bits per heavy atom. The summed E-state index contributed by atoms with van der Waals surface area (Å²) in [5, 5.41) is 8.00. The van der Waals surface area contributed by atoms with Gasteiger partial charge >= 0.3 is 0 Å². The highest BCUT2D eigenvalue weighted by Crippen LogP contribution is 2.30. The number of rotatable bonds is 3. The van der Waals surface area contributed by atoms with Gasteiger partial charge in [-0.3, -0.25) is 0 Å². The molecule has 0 saturated heterocycles. The Bertz CT molecular complexity index is 1220. The third-order valence-electron chi connectivity index (χ3n) is 4.57. The van der Waals surface area contributed by atoms with Crippen molar-refractivity contribution in [2.75, 3.05) is 5.32 Å². The van der Waals surface area contributed by atoms with Crippen LogP contribution in [-0.2, 0) is 0 Å². The van der Waals surface area contributed by atoms with E-state index in [0.717, 1.165) is 16.9 Å². The summed E-state index contributed by atoms with van der Waals surface area (Å²) >= 11 is 0. The summed E-state index contributed by atoms with van der Waals surface area (Å²) in [6, 6.07) is 29.5. The number of aromatic nitrogens is 1. The van der Waals surface area contributed by atoms with Gasteiger partial charge in [0.2, 0.25) is 0 Å². The van der Waals surface area contributed by atoms with Crippen molar-refractivity contribution < 1.29 is 4.42 Å². The number of hydrogen-bond acceptors (Lipinski definition) is 3. The number of nitrogens with one attached hydrogen (secondary N) is 1. The molecule has 0 fully saturated rings. The van der Waals surface area contributed by atoms with E-state index in [9.17, 15) is 0 Å². The highest BCUT2D eigenvalue weighted by Gasteiger charge is 2.09. The first-order valence-corrected chi connectivity index (χ1v) is 8.56. The molecule has 4 aromatic carbocycles. The van der Waals surface area contributed by atoms with Gasteiger partial charge in [-0.2, -0.15) is 4.98 Å². The Kier molecular flexibility index (Phi) is 3.42. The van der Waals surface area contributed by atoms with E-state index >= 15 is 0 Å². The predicted molar refractivity (Wildman–Crippen MR) is 107 cm³/mol. The summed E-state index contributed by atoms with van der Waals surface area (Å²) in [4.78, 5) is 4.63. The van der Waals surface area contributed by atoms with Crippen LogP contribution in [0.2, 0.25) is 0 Å². The SMILES string of the molecule is c1ccc2cc(Nc3nc(-c4cccc5ccccc45)co3)ccc2c1. The number of benzene rings is 4. The third-order valence-corrected chi connectivity index (χ3v) is 4.57. The number of fused-ring (bicyclic) bond motifs is 2. The summed E-state index contributed by atoms with van der Waals surface area (Å²) in [6.45, 7) is 0. The van der Waals surface area contributed by atoms with Crippen LogP contribution in [0.15, 0.2) is 95.6 Å². The van der Waals surface area contributed by atoms with Crippen LogP contribution in [0.25, 0.3) is 32.8 Å². The van der Waals surface area contributed by atoms with E-state index in [2.05, 4.69) is 58.8 Å². The summed E-state index contributed by atoms with van der Waals surface area (Å²) in [7, 11) is 0. The Hall–Kier alpha value is -3.59. The zero-order chi connectivity index (χ0) is 17.3. The quantitative estimate of drug-likeness (QED) is 0.415. The first-order valence-electron chi connectivity index (χ1n) is 8.56. The van der Waals surface area contributed by atoms with Crippen LogP contribution in [0.3, 0.4) is 0 Å². The van der Waals surface area contributed by atoms with Crippen molar-refractivity contribution in [2.24, 2.45) is 0 Å². The Morgan fingerprint density at radius 2 is 1.46 bits per heavy atom. The van der Waals surface area contributed by atoms with Crippen molar-refractivity contribution in [2.45, 2.75) is 0 Å². The molecule has 0 aliphatic rings. The molecule has 1 heterocycles. The van der Waals surface area contributed by atoms with Crippen LogP contribution in [0.4, 0.5) is 11.7 Å². The Balaban J connectivity index is 1.49. The van der Waals surface area contributed by atoms with E-state index in [1.165, 1.54) is 21.5 Å². The Labute approximate surface area is 150 Å². The second kappa shape index (κ2) is 6.05. The molecule has 0 radical (unpaired) electrons. The standard InChI is InChI=1S/C23H16N2O/c1-2-8-18-14-19(13-12-16(18)6-1)24-23-25-22(15-26-23)21-11-5-9-17-7-3-4-10-20(17)21/h1-15H,(H,24,25). The molecule has 5 rings (SSSR count). The van der Waals surface area contributed by atoms with E-state index in [1.54, 1.807) is 6.26 Å². The van der Waals surface area contributed by atoms with Crippen LogP contribution < -0.4 is 5.32 Å². The second-order valence-electron chi connectivity index (χ2n) is 6.25. The van der Waals surface area contributed by atoms with Gasteiger partial charge in [-0.15, -0.1) is 0 Å². The van der Waals surface area contributed by atoms with Gasteiger partial charge in [0, 0.05) is 11.3 Å². The monoisotopic (exact) mass is 336 g/mol. The van der Waals surface area contributed by atoms with Crippen molar-refractivity contribution in [3.05, 3.63) is 91.2 Å². The van der Waals surface area contributed by atoms with Gasteiger partial charge in [0.25, 0.3) is 6.01 Å². The first-order chi connectivity index (χ1) is 12.9. The topological polar surface area (TPSA) is 38.1 Å². The molecule has 3 heteroatoms. The van der Waals surface area contributed by atoms with Crippen LogP contribution in [-0.4, -0.2) is 4.98 Å². The number of nitrogens with zero attached hydrogens (tertiary/aromatic N) is 1. The average molecular weight is 336 g/mol. The maximum absolute atomic E-state index is 5.66. The lowest BCUT2D eigenvalue weighted by molar-refractivity contribution is 0.578. The lowest BCUT2D eigenvalue weighted by atomic mass is 10.0. The number of hydrogen-bond donors (Lipinski definition) is 1. The van der Waals surface area contributed by atoms with Crippen LogP contribution in [0, 0.1) is 0 Å². The maximum Gasteiger partial charge on any atom is 0.299 e. The summed E-state index contributed by atoms with van der Waals surface area (Å²) < 4.78 is 5.66. The van der Waals surface area contributed by atoms with Crippen LogP contribution >= 0.6 is 0 Å². The molecule has 0 atom stereocenters. The molecule has 0 bridgehead atoms. The van der Waals surface area contributed by atoms with Crippen molar-refractivity contribution in [3.8, 4) is 11.3 Å². The van der Waals surface area contributed by atoms with E-state index in [-0.39, 0.29) is 0 Å². The Morgan fingerprint density at radius 1 is 0.692 bits per heavy atom. The lowest BCUT2D eigenvalue weighted by Gasteiger charge is -2.04. The molecule has 5 aromatic rings. The van der Waals surface area contributed by atoms with Gasteiger partial charge in [-0.1, -0.05) is 72.8 Å². The van der Waals surface area contributed by atoms with Gasteiger partial charge in [-0.25, -0.2) is 0 Å². The van der Waals surface area contributed by atoms with Crippen molar-refractivity contribution in [3.63, 3.8) is 0 Å². The molecule has 124 valence electrons. The fourth-order valence-electron chi connectivity index (χ4n) is 3.29. The van der Waals surface area contributed by atoms with Gasteiger partial charge in [0.15, 0.2) is 0 Å². The number of anilines is 2. The average Bonchev–Trinajstić information content (AvgIpc) is 3.16. The molecule has 1 N–H and O–H groups in total. The second-order valence-corrected chi connectivity index (χ2v) is 6.25.